The van der Waals surface area contributed by atoms with Crippen LogP contribution in [0.15, 0.2) is 87.6 Å². The normalized spacial score (nSPS) is 22.5. The van der Waals surface area contributed by atoms with Gasteiger partial charge in [0.15, 0.2) is 0 Å². The highest BCUT2D eigenvalue weighted by Crippen LogP contribution is 2.37. The molecule has 7 nitrogen and oxygen atoms in total. The second-order valence-corrected chi connectivity index (χ2v) is 9.96. The minimum atomic E-state index is -0.236. The van der Waals surface area contributed by atoms with Crippen LogP contribution in [0, 0.1) is 17.2 Å². The van der Waals surface area contributed by atoms with E-state index in [0.717, 1.165) is 21.9 Å². The molecule has 0 spiro atoms. The molecular formula is C32H27N5O2. The lowest BCUT2D eigenvalue weighted by Crippen LogP contribution is -2.46. The number of hydrogen-bond acceptors (Lipinski definition) is 7. The van der Waals surface area contributed by atoms with Crippen LogP contribution in [0.5, 0.6) is 5.75 Å². The molecule has 3 heterocycles. The van der Waals surface area contributed by atoms with E-state index in [4.69, 9.17) is 9.73 Å². The number of allylic oxidation sites excluding steroid dienone is 2. The molecule has 0 aliphatic carbocycles. The van der Waals surface area contributed by atoms with Gasteiger partial charge in [0.1, 0.15) is 17.6 Å². The molecule has 3 aliphatic rings. The van der Waals surface area contributed by atoms with Crippen molar-refractivity contribution >= 4 is 47.0 Å². The lowest BCUT2D eigenvalue weighted by Gasteiger charge is -2.33. The van der Waals surface area contributed by atoms with Gasteiger partial charge in [0.25, 0.3) is 0 Å². The first kappa shape index (κ1) is 24.7. The molecule has 3 aromatic carbocycles. The number of nitrogens with zero attached hydrogens (tertiary/aromatic N) is 5. The van der Waals surface area contributed by atoms with Gasteiger partial charge in [-0.1, -0.05) is 36.4 Å². The van der Waals surface area contributed by atoms with Crippen LogP contribution < -0.4 is 4.74 Å². The summed E-state index contributed by atoms with van der Waals surface area (Å²) in [5, 5.41) is 11.7. The number of rotatable bonds is 2. The van der Waals surface area contributed by atoms with E-state index >= 15 is 0 Å². The van der Waals surface area contributed by atoms with Gasteiger partial charge in [-0.3, -0.25) is 24.7 Å². The van der Waals surface area contributed by atoms with Gasteiger partial charge in [-0.25, -0.2) is 0 Å². The molecule has 0 saturated heterocycles. The fraction of sp³-hybridized carbons (Fsp3) is 0.219. The summed E-state index contributed by atoms with van der Waals surface area (Å²) in [6.45, 7) is 2.59. The Morgan fingerprint density at radius 3 is 2.82 bits per heavy atom. The molecule has 3 aromatic rings. The predicted octanol–water partition coefficient (Wildman–Crippen LogP) is 5.66. The summed E-state index contributed by atoms with van der Waals surface area (Å²) < 4.78 is 5.89. The SMILES string of the molecule is CC1C(Cc2ccccc2)C(=O)CC=COc2ccc3cc4c(C#N)c(c3c2)N=CC(=C4)N=CC2C=NCN21. The molecule has 0 amide bonds. The maximum Gasteiger partial charge on any atom is 0.141 e. The third-order valence-electron chi connectivity index (χ3n) is 7.56. The van der Waals surface area contributed by atoms with Gasteiger partial charge in [-0.15, -0.1) is 0 Å². The fourth-order valence-electron chi connectivity index (χ4n) is 5.43. The maximum atomic E-state index is 13.6. The summed E-state index contributed by atoms with van der Waals surface area (Å²) in [7, 11) is 0. The van der Waals surface area contributed by atoms with Gasteiger partial charge in [-0.05, 0) is 60.2 Å². The van der Waals surface area contributed by atoms with Crippen molar-refractivity contribution in [2.45, 2.75) is 31.8 Å². The molecular weight excluding hydrogens is 486 g/mol. The maximum absolute atomic E-state index is 13.6. The zero-order valence-corrected chi connectivity index (χ0v) is 21.6. The Morgan fingerprint density at radius 1 is 1.10 bits per heavy atom. The summed E-state index contributed by atoms with van der Waals surface area (Å²) in [5.74, 6) is 0.518. The smallest absolute Gasteiger partial charge is 0.141 e. The first-order chi connectivity index (χ1) is 19.1. The highest BCUT2D eigenvalue weighted by molar-refractivity contribution is 6.04. The van der Waals surface area contributed by atoms with Crippen LogP contribution in [0.2, 0.25) is 0 Å². The molecule has 192 valence electrons. The number of aliphatic imine (C=N–C) groups is 3. The van der Waals surface area contributed by atoms with Gasteiger partial charge in [0.05, 0.1) is 42.1 Å². The Labute approximate surface area is 227 Å². The van der Waals surface area contributed by atoms with Crippen molar-refractivity contribution in [3.63, 3.8) is 0 Å². The molecule has 3 aliphatic heterocycles. The first-order valence-electron chi connectivity index (χ1n) is 13.1. The van der Waals surface area contributed by atoms with E-state index in [0.29, 0.717) is 35.8 Å². The van der Waals surface area contributed by atoms with Crippen molar-refractivity contribution in [1.29, 1.82) is 5.26 Å². The van der Waals surface area contributed by atoms with Crippen LogP contribution in [-0.4, -0.2) is 48.1 Å². The van der Waals surface area contributed by atoms with Crippen LogP contribution in [0.25, 0.3) is 16.8 Å². The quantitative estimate of drug-likeness (QED) is 0.442. The third kappa shape index (κ3) is 4.95. The Kier molecular flexibility index (Phi) is 6.70. The summed E-state index contributed by atoms with van der Waals surface area (Å²) in [6.07, 6.45) is 11.5. The highest BCUT2D eigenvalue weighted by Gasteiger charge is 2.33. The number of fused-ring (bicyclic) bond motifs is 4. The van der Waals surface area contributed by atoms with E-state index in [2.05, 4.69) is 40.0 Å². The number of nitriles is 1. The van der Waals surface area contributed by atoms with Crippen molar-refractivity contribution in [3.05, 3.63) is 89.3 Å². The molecule has 3 atom stereocenters. The lowest BCUT2D eigenvalue weighted by molar-refractivity contribution is -0.124. The van der Waals surface area contributed by atoms with Crippen molar-refractivity contribution in [1.82, 2.24) is 4.90 Å². The number of carbonyl (C=O) groups is 1. The minimum Gasteiger partial charge on any atom is -0.465 e. The van der Waals surface area contributed by atoms with E-state index in [1.807, 2.05) is 61.0 Å². The Hall–Kier alpha value is -4.67. The molecule has 6 rings (SSSR count). The summed E-state index contributed by atoms with van der Waals surface area (Å²) in [5.41, 5.74) is 3.63. The van der Waals surface area contributed by atoms with E-state index in [-0.39, 0.29) is 30.2 Å². The van der Waals surface area contributed by atoms with Gasteiger partial charge >= 0.3 is 0 Å². The zero-order valence-electron chi connectivity index (χ0n) is 21.6. The summed E-state index contributed by atoms with van der Waals surface area (Å²) >= 11 is 0. The zero-order chi connectivity index (χ0) is 26.8. The van der Waals surface area contributed by atoms with Crippen LogP contribution >= 0.6 is 0 Å². The monoisotopic (exact) mass is 513 g/mol. The topological polar surface area (TPSA) is 90.4 Å². The van der Waals surface area contributed by atoms with Gasteiger partial charge < -0.3 is 4.74 Å². The number of Topliss-reactive ketones (excluding diaryl/α,β-unsaturated/α-hetero) is 1. The van der Waals surface area contributed by atoms with Crippen molar-refractivity contribution in [2.24, 2.45) is 20.9 Å². The lowest BCUT2D eigenvalue weighted by atomic mass is 9.86. The summed E-state index contributed by atoms with van der Waals surface area (Å²) in [4.78, 5) is 29.7. The molecule has 0 saturated carbocycles. The molecule has 0 fully saturated rings. The Bertz CT molecular complexity index is 1630. The Balaban J connectivity index is 1.42. The number of benzene rings is 3. The molecule has 7 heteroatoms. The average Bonchev–Trinajstić information content (AvgIpc) is 3.38. The fourth-order valence-corrected chi connectivity index (χ4v) is 5.43. The molecule has 5 bridgehead atoms. The Morgan fingerprint density at radius 2 is 1.97 bits per heavy atom. The van der Waals surface area contributed by atoms with E-state index in [1.54, 1.807) is 18.6 Å². The molecule has 0 N–H and O–H groups in total. The van der Waals surface area contributed by atoms with Gasteiger partial charge in [0, 0.05) is 36.2 Å². The molecule has 0 aromatic heterocycles. The second kappa shape index (κ2) is 10.6. The van der Waals surface area contributed by atoms with Crippen molar-refractivity contribution < 1.29 is 9.53 Å². The van der Waals surface area contributed by atoms with Gasteiger partial charge in [0.2, 0.25) is 0 Å². The van der Waals surface area contributed by atoms with Crippen LogP contribution in [0.4, 0.5) is 5.69 Å². The van der Waals surface area contributed by atoms with E-state index in [1.165, 1.54) is 0 Å². The minimum absolute atomic E-state index is 0.0765. The van der Waals surface area contributed by atoms with E-state index in [9.17, 15) is 10.1 Å². The standard InChI is InChI=1S/C32H27N5O2/c1-21-28(12-22-6-3-2-4-7-22)31(38)8-5-11-39-27-10-9-23-13-24-14-25(35-19-26-18-34-20-37(21)26)17-36-32(29(23)15-27)30(24)16-33/h2-7,9-11,13-15,17-19,21,26,28H,8,12,20H2,1H3. The average molecular weight is 514 g/mol. The highest BCUT2D eigenvalue weighted by atomic mass is 16.5. The largest absolute Gasteiger partial charge is 0.465 e. The second-order valence-electron chi connectivity index (χ2n) is 9.96. The number of ketones is 1. The number of carbonyl (C=O) groups excluding carboxylic acids is 1. The predicted molar refractivity (Wildman–Crippen MR) is 155 cm³/mol. The van der Waals surface area contributed by atoms with Crippen LogP contribution in [-0.2, 0) is 11.2 Å². The molecule has 0 radical (unpaired) electrons. The first-order valence-corrected chi connectivity index (χ1v) is 13.1. The van der Waals surface area contributed by atoms with Gasteiger partial charge in [-0.2, -0.15) is 5.26 Å². The third-order valence-corrected chi connectivity index (χ3v) is 7.56. The van der Waals surface area contributed by atoms with Crippen LogP contribution in [0.1, 0.15) is 30.0 Å². The molecule has 3 unspecified atom stereocenters. The van der Waals surface area contributed by atoms with Crippen LogP contribution in [0.3, 0.4) is 0 Å². The number of ether oxygens (including phenoxy) is 1. The summed E-state index contributed by atoms with van der Waals surface area (Å²) in [6, 6.07) is 19.9. The van der Waals surface area contributed by atoms with Crippen molar-refractivity contribution in [2.75, 3.05) is 6.67 Å². The van der Waals surface area contributed by atoms with E-state index < -0.39 is 0 Å². The van der Waals surface area contributed by atoms with Crippen molar-refractivity contribution in [3.8, 4) is 11.8 Å². The number of hydrogen-bond donors (Lipinski definition) is 0. The molecule has 39 heavy (non-hydrogen) atoms.